The first-order chi connectivity index (χ1) is 8.04. The number of aliphatic hydroxyl groups is 1. The number of nitrogens with zero attached hydrogens (tertiary/aromatic N) is 3. The lowest BCUT2D eigenvalue weighted by molar-refractivity contribution is 0.282. The molecule has 17 heavy (non-hydrogen) atoms. The highest BCUT2D eigenvalue weighted by Gasteiger charge is 2.06. The van der Waals surface area contributed by atoms with E-state index in [4.69, 9.17) is 16.7 Å². The molecule has 0 radical (unpaired) electrons. The molecule has 0 aromatic carbocycles. The number of rotatable bonds is 6. The Morgan fingerprint density at radius 1 is 1.29 bits per heavy atom. The van der Waals surface area contributed by atoms with E-state index in [1.54, 1.807) is 6.20 Å². The van der Waals surface area contributed by atoms with Crippen molar-refractivity contribution in [2.45, 2.75) is 13.0 Å². The number of aliphatic hydroxyl groups excluding tert-OH is 1. The summed E-state index contributed by atoms with van der Waals surface area (Å²) in [5, 5.41) is 9.65. The molecule has 1 rings (SSSR count). The molecule has 1 N–H and O–H groups in total. The molecule has 1 aromatic heterocycles. The Hall–Kier alpha value is -0.840. The minimum Gasteiger partial charge on any atom is -0.392 e. The Labute approximate surface area is 108 Å². The van der Waals surface area contributed by atoms with Crippen LogP contribution in [0.1, 0.15) is 12.0 Å². The van der Waals surface area contributed by atoms with Gasteiger partial charge in [-0.05, 0) is 33.1 Å². The lowest BCUT2D eigenvalue weighted by Crippen LogP contribution is -2.24. The molecule has 0 spiro atoms. The van der Waals surface area contributed by atoms with E-state index in [1.165, 1.54) is 0 Å². The van der Waals surface area contributed by atoms with E-state index in [0.717, 1.165) is 30.9 Å². The molecule has 5 heteroatoms. The van der Waals surface area contributed by atoms with Crippen molar-refractivity contribution in [3.63, 3.8) is 0 Å². The highest BCUT2D eigenvalue weighted by Crippen LogP contribution is 2.19. The summed E-state index contributed by atoms with van der Waals surface area (Å²) in [6.45, 7) is 1.92. The minimum atomic E-state index is -0.0557. The van der Waals surface area contributed by atoms with Gasteiger partial charge in [0.15, 0.2) is 0 Å². The van der Waals surface area contributed by atoms with Crippen molar-refractivity contribution in [2.24, 2.45) is 0 Å². The molecular formula is C12H20ClN3O. The Balaban J connectivity index is 2.59. The molecule has 0 aliphatic heterocycles. The van der Waals surface area contributed by atoms with E-state index in [-0.39, 0.29) is 6.61 Å². The second-order valence-corrected chi connectivity index (χ2v) is 4.78. The molecule has 0 saturated carbocycles. The highest BCUT2D eigenvalue weighted by molar-refractivity contribution is 6.31. The van der Waals surface area contributed by atoms with Crippen molar-refractivity contribution in [2.75, 3.05) is 39.1 Å². The summed E-state index contributed by atoms with van der Waals surface area (Å²) in [5.74, 6) is 0.845. The topological polar surface area (TPSA) is 39.6 Å². The van der Waals surface area contributed by atoms with E-state index in [1.807, 2.05) is 13.1 Å². The quantitative estimate of drug-likeness (QED) is 0.841. The predicted molar refractivity (Wildman–Crippen MR) is 71.6 cm³/mol. The van der Waals surface area contributed by atoms with Crippen LogP contribution in [0.3, 0.4) is 0 Å². The maximum atomic E-state index is 9.14. The molecule has 0 amide bonds. The van der Waals surface area contributed by atoms with Gasteiger partial charge in [0.1, 0.15) is 5.82 Å². The maximum Gasteiger partial charge on any atom is 0.128 e. The highest BCUT2D eigenvalue weighted by atomic mass is 35.5. The first-order valence-electron chi connectivity index (χ1n) is 5.65. The number of hydrogen-bond acceptors (Lipinski definition) is 4. The van der Waals surface area contributed by atoms with Gasteiger partial charge >= 0.3 is 0 Å². The fourth-order valence-electron chi connectivity index (χ4n) is 1.54. The zero-order chi connectivity index (χ0) is 12.8. The summed E-state index contributed by atoms with van der Waals surface area (Å²) >= 11 is 5.90. The van der Waals surface area contributed by atoms with E-state index in [0.29, 0.717) is 5.02 Å². The van der Waals surface area contributed by atoms with Crippen LogP contribution >= 0.6 is 11.6 Å². The number of pyridine rings is 1. The molecule has 0 fully saturated rings. The predicted octanol–water partition coefficient (Wildman–Crippen LogP) is 1.62. The summed E-state index contributed by atoms with van der Waals surface area (Å²) in [4.78, 5) is 8.48. The SMILES string of the molecule is CN(C)CCCN(C)c1cc(CO)c(Cl)cn1. The monoisotopic (exact) mass is 257 g/mol. The van der Waals surface area contributed by atoms with Crippen LogP contribution in [0.2, 0.25) is 5.02 Å². The van der Waals surface area contributed by atoms with Gasteiger partial charge in [0.2, 0.25) is 0 Å². The van der Waals surface area contributed by atoms with Crippen LogP contribution in [-0.4, -0.2) is 49.2 Å². The lowest BCUT2D eigenvalue weighted by atomic mass is 10.2. The molecule has 0 bridgehead atoms. The average Bonchev–Trinajstić information content (AvgIpc) is 2.29. The number of aromatic nitrogens is 1. The van der Waals surface area contributed by atoms with Crippen LogP contribution < -0.4 is 4.90 Å². The molecular weight excluding hydrogens is 238 g/mol. The molecule has 0 atom stereocenters. The van der Waals surface area contributed by atoms with Crippen molar-refractivity contribution in [3.05, 3.63) is 22.8 Å². The fourth-order valence-corrected chi connectivity index (χ4v) is 1.70. The van der Waals surface area contributed by atoms with Crippen molar-refractivity contribution < 1.29 is 5.11 Å². The summed E-state index contributed by atoms with van der Waals surface area (Å²) < 4.78 is 0. The summed E-state index contributed by atoms with van der Waals surface area (Å²) in [6.07, 6.45) is 2.66. The van der Waals surface area contributed by atoms with Crippen LogP contribution in [-0.2, 0) is 6.61 Å². The minimum absolute atomic E-state index is 0.0557. The molecule has 0 saturated heterocycles. The number of hydrogen-bond donors (Lipinski definition) is 1. The fraction of sp³-hybridized carbons (Fsp3) is 0.583. The zero-order valence-electron chi connectivity index (χ0n) is 10.6. The van der Waals surface area contributed by atoms with Gasteiger partial charge in [-0.2, -0.15) is 0 Å². The summed E-state index contributed by atoms with van der Waals surface area (Å²) in [5.41, 5.74) is 0.719. The van der Waals surface area contributed by atoms with Gasteiger partial charge in [-0.1, -0.05) is 11.6 Å². The number of anilines is 1. The van der Waals surface area contributed by atoms with Crippen molar-refractivity contribution in [1.82, 2.24) is 9.88 Å². The van der Waals surface area contributed by atoms with Gasteiger partial charge in [-0.15, -0.1) is 0 Å². The molecule has 0 aliphatic carbocycles. The molecule has 1 aromatic rings. The lowest BCUT2D eigenvalue weighted by Gasteiger charge is -2.20. The largest absolute Gasteiger partial charge is 0.392 e. The van der Waals surface area contributed by atoms with Crippen LogP contribution in [0.5, 0.6) is 0 Å². The van der Waals surface area contributed by atoms with Gasteiger partial charge in [0.25, 0.3) is 0 Å². The van der Waals surface area contributed by atoms with Crippen LogP contribution in [0.15, 0.2) is 12.3 Å². The van der Waals surface area contributed by atoms with Gasteiger partial charge in [-0.25, -0.2) is 4.98 Å². The second kappa shape index (κ2) is 6.79. The van der Waals surface area contributed by atoms with Gasteiger partial charge in [-0.3, -0.25) is 0 Å². The first-order valence-corrected chi connectivity index (χ1v) is 6.03. The van der Waals surface area contributed by atoms with Crippen LogP contribution in [0.4, 0.5) is 5.82 Å². The Morgan fingerprint density at radius 3 is 2.59 bits per heavy atom. The van der Waals surface area contributed by atoms with Crippen molar-refractivity contribution in [3.8, 4) is 0 Å². The van der Waals surface area contributed by atoms with E-state index < -0.39 is 0 Å². The zero-order valence-corrected chi connectivity index (χ0v) is 11.4. The molecule has 4 nitrogen and oxygen atoms in total. The van der Waals surface area contributed by atoms with Gasteiger partial charge < -0.3 is 14.9 Å². The van der Waals surface area contributed by atoms with Crippen molar-refractivity contribution in [1.29, 1.82) is 0 Å². The Morgan fingerprint density at radius 2 is 2.00 bits per heavy atom. The third kappa shape index (κ3) is 4.50. The summed E-state index contributed by atoms with van der Waals surface area (Å²) in [6, 6.07) is 1.83. The third-order valence-corrected chi connectivity index (χ3v) is 2.92. The summed E-state index contributed by atoms with van der Waals surface area (Å²) in [7, 11) is 6.11. The van der Waals surface area contributed by atoms with E-state index in [9.17, 15) is 0 Å². The normalized spacial score (nSPS) is 10.9. The molecule has 96 valence electrons. The van der Waals surface area contributed by atoms with Gasteiger partial charge in [0, 0.05) is 25.4 Å². The van der Waals surface area contributed by atoms with E-state index >= 15 is 0 Å². The number of halogens is 1. The second-order valence-electron chi connectivity index (χ2n) is 4.37. The Kier molecular flexibility index (Phi) is 5.68. The van der Waals surface area contributed by atoms with Gasteiger partial charge in [0.05, 0.1) is 11.6 Å². The first kappa shape index (κ1) is 14.2. The van der Waals surface area contributed by atoms with Crippen LogP contribution in [0, 0.1) is 0 Å². The Bertz CT molecular complexity index is 358. The average molecular weight is 258 g/mol. The van der Waals surface area contributed by atoms with Crippen molar-refractivity contribution >= 4 is 17.4 Å². The third-order valence-electron chi connectivity index (χ3n) is 2.58. The molecule has 0 aliphatic rings. The van der Waals surface area contributed by atoms with E-state index in [2.05, 4.69) is 28.9 Å². The maximum absolute atomic E-state index is 9.14. The standard InChI is InChI=1S/C12H20ClN3O/c1-15(2)5-4-6-16(3)12-7-10(9-17)11(13)8-14-12/h7-8,17H,4-6,9H2,1-3H3. The molecule has 0 unspecified atom stereocenters. The van der Waals surface area contributed by atoms with Crippen LogP contribution in [0.25, 0.3) is 0 Å². The smallest absolute Gasteiger partial charge is 0.128 e. The molecule has 1 heterocycles.